The summed E-state index contributed by atoms with van der Waals surface area (Å²) >= 11 is 12.8. The van der Waals surface area contributed by atoms with Crippen LogP contribution < -0.4 is 15.0 Å². The Hall–Kier alpha value is -3.77. The van der Waals surface area contributed by atoms with E-state index in [4.69, 9.17) is 27.9 Å². The molecule has 1 unspecified atom stereocenters. The minimum atomic E-state index is -0.493. The smallest absolute Gasteiger partial charge is 0.308 e. The molecule has 0 saturated carbocycles. The zero-order chi connectivity index (χ0) is 31.4. The number of carbonyl (C=O) groups is 1. The Bertz CT molecular complexity index is 1600. The average Bonchev–Trinajstić information content (AvgIpc) is 3.62. The van der Waals surface area contributed by atoms with Gasteiger partial charge in [-0.15, -0.1) is 4.99 Å². The zero-order valence-electron chi connectivity index (χ0n) is 25.5. The molecule has 0 aliphatic carbocycles. The molecular formula is C35H38Cl2N6O2. The van der Waals surface area contributed by atoms with Crippen molar-refractivity contribution in [3.05, 3.63) is 94.0 Å². The van der Waals surface area contributed by atoms with Crippen LogP contribution in [0.15, 0.2) is 77.8 Å². The van der Waals surface area contributed by atoms with Crippen LogP contribution in [0.25, 0.3) is 0 Å². The van der Waals surface area contributed by atoms with Crippen LogP contribution in [0.4, 0.5) is 5.69 Å². The van der Waals surface area contributed by atoms with Crippen LogP contribution in [0.5, 0.6) is 5.75 Å². The summed E-state index contributed by atoms with van der Waals surface area (Å²) in [7, 11) is 0. The van der Waals surface area contributed by atoms with Crippen molar-refractivity contribution in [1.29, 1.82) is 5.26 Å². The van der Waals surface area contributed by atoms with E-state index in [9.17, 15) is 10.1 Å². The Labute approximate surface area is 275 Å². The monoisotopic (exact) mass is 644 g/mol. The molecular weight excluding hydrogens is 607 g/mol. The summed E-state index contributed by atoms with van der Waals surface area (Å²) in [5, 5.41) is 13.6. The largest absolute Gasteiger partial charge is 0.425 e. The Morgan fingerprint density at radius 3 is 2.53 bits per heavy atom. The standard InChI is InChI=1S/C35H38Cl2N6O2/c1-26-7-5-8-28(21-26)43-25-40-32(44)35(43)15-18-41(19-16-35)17-6-13-34(27-11-12-30(36)31(37)22-27)14-20-42(23-34)33(39-24-38)45-29-9-3-2-4-10-29/h2-5,7-12,21-22H,6,13-20,23,25H2,1H3,(H,40,44)/b39-33-. The number of likely N-dealkylation sites (tertiary alicyclic amines) is 2. The Morgan fingerprint density at radius 2 is 1.80 bits per heavy atom. The second-order valence-electron chi connectivity index (χ2n) is 12.4. The molecule has 3 saturated heterocycles. The summed E-state index contributed by atoms with van der Waals surface area (Å²) in [6.07, 6.45) is 6.26. The maximum absolute atomic E-state index is 13.2. The number of aliphatic imine (C=N–C) groups is 1. The highest BCUT2D eigenvalue weighted by molar-refractivity contribution is 6.42. The maximum Gasteiger partial charge on any atom is 0.308 e. The van der Waals surface area contributed by atoms with E-state index in [1.165, 1.54) is 5.56 Å². The van der Waals surface area contributed by atoms with Gasteiger partial charge in [0.25, 0.3) is 0 Å². The number of rotatable bonds is 7. The number of piperidine rings is 1. The lowest BCUT2D eigenvalue weighted by molar-refractivity contribution is -0.125. The van der Waals surface area contributed by atoms with Crippen molar-refractivity contribution < 1.29 is 9.53 Å². The number of amides is 1. The van der Waals surface area contributed by atoms with Gasteiger partial charge < -0.3 is 24.8 Å². The van der Waals surface area contributed by atoms with Crippen molar-refractivity contribution >= 4 is 40.8 Å². The van der Waals surface area contributed by atoms with Crippen LogP contribution in [0.2, 0.25) is 10.0 Å². The lowest BCUT2D eigenvalue weighted by Gasteiger charge is -2.43. The van der Waals surface area contributed by atoms with Gasteiger partial charge in [0.15, 0.2) is 0 Å². The number of nitrogens with zero attached hydrogens (tertiary/aromatic N) is 5. The third-order valence-electron chi connectivity index (χ3n) is 9.72. The van der Waals surface area contributed by atoms with Gasteiger partial charge in [0, 0.05) is 37.3 Å². The molecule has 0 radical (unpaired) electrons. The van der Waals surface area contributed by atoms with Gasteiger partial charge in [-0.1, -0.05) is 59.6 Å². The van der Waals surface area contributed by atoms with Gasteiger partial charge in [0.1, 0.15) is 11.3 Å². The number of amidine groups is 1. The molecule has 3 aliphatic rings. The van der Waals surface area contributed by atoms with E-state index in [-0.39, 0.29) is 11.3 Å². The van der Waals surface area contributed by atoms with E-state index in [0.717, 1.165) is 63.0 Å². The third-order valence-corrected chi connectivity index (χ3v) is 10.5. The number of nitrogens with one attached hydrogen (secondary N) is 1. The highest BCUT2D eigenvalue weighted by Gasteiger charge is 2.50. The number of aryl methyl sites for hydroxylation is 1. The Morgan fingerprint density at radius 1 is 1.00 bits per heavy atom. The van der Waals surface area contributed by atoms with E-state index in [1.54, 1.807) is 0 Å². The van der Waals surface area contributed by atoms with Gasteiger partial charge in [0.2, 0.25) is 12.1 Å². The first kappa shape index (κ1) is 31.2. The van der Waals surface area contributed by atoms with Crippen LogP contribution in [-0.4, -0.2) is 66.7 Å². The van der Waals surface area contributed by atoms with Gasteiger partial charge in [-0.05, 0) is 93.1 Å². The molecule has 1 N–H and O–H groups in total. The second kappa shape index (κ2) is 13.3. The van der Waals surface area contributed by atoms with Crippen molar-refractivity contribution in [1.82, 2.24) is 15.1 Å². The van der Waals surface area contributed by atoms with E-state index in [1.807, 2.05) is 48.7 Å². The van der Waals surface area contributed by atoms with Crippen LogP contribution in [0.3, 0.4) is 0 Å². The predicted octanol–water partition coefficient (Wildman–Crippen LogP) is 6.37. The van der Waals surface area contributed by atoms with Crippen molar-refractivity contribution in [3.8, 4) is 11.9 Å². The molecule has 10 heteroatoms. The third kappa shape index (κ3) is 6.48. The summed E-state index contributed by atoms with van der Waals surface area (Å²) in [4.78, 5) is 24.0. The number of nitriles is 1. The molecule has 234 valence electrons. The molecule has 8 nitrogen and oxygen atoms in total. The van der Waals surface area contributed by atoms with Gasteiger partial charge >= 0.3 is 6.02 Å². The maximum atomic E-state index is 13.2. The number of benzene rings is 3. The summed E-state index contributed by atoms with van der Waals surface area (Å²) in [6.45, 7) is 6.65. The van der Waals surface area contributed by atoms with Crippen LogP contribution in [0, 0.1) is 18.4 Å². The topological polar surface area (TPSA) is 84.2 Å². The van der Waals surface area contributed by atoms with Gasteiger partial charge in [0.05, 0.1) is 16.7 Å². The molecule has 3 fully saturated rings. The lowest BCUT2D eigenvalue weighted by atomic mass is 9.76. The van der Waals surface area contributed by atoms with E-state index < -0.39 is 5.54 Å². The first-order valence-corrected chi connectivity index (χ1v) is 16.3. The highest BCUT2D eigenvalue weighted by atomic mass is 35.5. The molecule has 3 aromatic rings. The molecule has 0 bridgehead atoms. The molecule has 3 aliphatic heterocycles. The molecule has 1 atom stereocenters. The number of anilines is 1. The zero-order valence-corrected chi connectivity index (χ0v) is 27.0. The van der Waals surface area contributed by atoms with Crippen LogP contribution in [0.1, 0.15) is 43.2 Å². The predicted molar refractivity (Wildman–Crippen MR) is 179 cm³/mol. The second-order valence-corrected chi connectivity index (χ2v) is 13.2. The number of halogens is 2. The molecule has 45 heavy (non-hydrogen) atoms. The van der Waals surface area contributed by atoms with E-state index >= 15 is 0 Å². The summed E-state index contributed by atoms with van der Waals surface area (Å²) in [5.74, 6) is 0.777. The number of para-hydroxylation sites is 1. The SMILES string of the molecule is Cc1cccc(N2CNC(=O)C23CCN(CCCC2(c4ccc(Cl)c(Cl)c4)CCN(/C(=N/C#N)Oc4ccccc4)C2)CC3)c1. The molecule has 1 spiro atoms. The molecule has 1 amide bonds. The summed E-state index contributed by atoms with van der Waals surface area (Å²) in [5.41, 5.74) is 2.72. The molecule has 3 heterocycles. The van der Waals surface area contributed by atoms with Gasteiger partial charge in [-0.25, -0.2) is 0 Å². The summed E-state index contributed by atoms with van der Waals surface area (Å²) in [6, 6.07) is 24.1. The van der Waals surface area contributed by atoms with Gasteiger partial charge in [-0.2, -0.15) is 5.26 Å². The number of hydrogen-bond acceptors (Lipinski definition) is 6. The molecule has 0 aromatic heterocycles. The van der Waals surface area contributed by atoms with Crippen molar-refractivity contribution in [3.63, 3.8) is 0 Å². The normalized spacial score (nSPS) is 21.6. The number of hydrogen-bond donors (Lipinski definition) is 1. The Balaban J connectivity index is 1.14. The first-order chi connectivity index (χ1) is 21.8. The van der Waals surface area contributed by atoms with Crippen LogP contribution >= 0.6 is 23.2 Å². The Kier molecular flexibility index (Phi) is 9.23. The van der Waals surface area contributed by atoms with Crippen molar-refractivity contribution in [2.75, 3.05) is 44.3 Å². The molecule has 6 rings (SSSR count). The minimum Gasteiger partial charge on any atom is -0.425 e. The van der Waals surface area contributed by atoms with Crippen molar-refractivity contribution in [2.24, 2.45) is 4.99 Å². The van der Waals surface area contributed by atoms with Crippen LogP contribution in [-0.2, 0) is 10.2 Å². The van der Waals surface area contributed by atoms with E-state index in [0.29, 0.717) is 41.6 Å². The minimum absolute atomic E-state index is 0.140. The van der Waals surface area contributed by atoms with Gasteiger partial charge in [-0.3, -0.25) is 4.79 Å². The molecule has 3 aromatic carbocycles. The van der Waals surface area contributed by atoms with E-state index in [2.05, 4.69) is 62.3 Å². The number of ether oxygens (including phenoxy) is 1. The first-order valence-electron chi connectivity index (χ1n) is 15.6. The van der Waals surface area contributed by atoms with Crippen molar-refractivity contribution in [2.45, 2.75) is 50.0 Å². The quantitative estimate of drug-likeness (QED) is 0.183. The number of carbonyl (C=O) groups excluding carboxylic acids is 1. The average molecular weight is 646 g/mol. The fourth-order valence-corrected chi connectivity index (χ4v) is 7.55. The lowest BCUT2D eigenvalue weighted by Crippen LogP contribution is -2.56. The fourth-order valence-electron chi connectivity index (χ4n) is 7.25. The highest BCUT2D eigenvalue weighted by Crippen LogP contribution is 2.42. The fraction of sp³-hybridized carbons (Fsp3) is 0.400. The summed E-state index contributed by atoms with van der Waals surface area (Å²) < 4.78 is 6.07.